The van der Waals surface area contributed by atoms with Crippen molar-refractivity contribution in [2.75, 3.05) is 18.5 Å². The van der Waals surface area contributed by atoms with E-state index >= 15 is 0 Å². The summed E-state index contributed by atoms with van der Waals surface area (Å²) in [6, 6.07) is 16.1. The molecule has 7 nitrogen and oxygen atoms in total. The molecular weight excluding hydrogens is 414 g/mol. The van der Waals surface area contributed by atoms with Crippen LogP contribution in [0.25, 0.3) is 16.7 Å². The van der Waals surface area contributed by atoms with E-state index in [0.717, 1.165) is 59.2 Å². The van der Waals surface area contributed by atoms with E-state index in [2.05, 4.69) is 28.9 Å². The van der Waals surface area contributed by atoms with Gasteiger partial charge in [0.15, 0.2) is 5.69 Å². The molecule has 1 aliphatic rings. The third kappa shape index (κ3) is 4.04. The maximum absolute atomic E-state index is 13.4. The van der Waals surface area contributed by atoms with Gasteiger partial charge in [-0.05, 0) is 63.3 Å². The first-order valence-corrected chi connectivity index (χ1v) is 11.7. The molecule has 0 fully saturated rings. The number of benzene rings is 2. The number of amides is 1. The second-order valence-electron chi connectivity index (χ2n) is 8.41. The molecule has 7 heteroatoms. The number of carbonyl (C=O) groups is 1. The van der Waals surface area contributed by atoms with E-state index in [-0.39, 0.29) is 5.91 Å². The lowest BCUT2D eigenvalue weighted by Gasteiger charge is -2.10. The monoisotopic (exact) mass is 443 g/mol. The number of para-hydroxylation sites is 3. The lowest BCUT2D eigenvalue weighted by atomic mass is 10.2. The molecule has 0 saturated heterocycles. The second-order valence-corrected chi connectivity index (χ2v) is 8.41. The van der Waals surface area contributed by atoms with Crippen molar-refractivity contribution < 1.29 is 9.53 Å². The number of carbonyl (C=O) groups excluding carboxylic acids is 1. The zero-order chi connectivity index (χ0) is 22.8. The van der Waals surface area contributed by atoms with Crippen molar-refractivity contribution in [3.8, 4) is 5.69 Å². The zero-order valence-electron chi connectivity index (χ0n) is 19.2. The number of anilines is 1. The van der Waals surface area contributed by atoms with E-state index in [1.807, 2.05) is 48.0 Å². The van der Waals surface area contributed by atoms with Gasteiger partial charge < -0.3 is 9.30 Å². The average Bonchev–Trinajstić information content (AvgIpc) is 3.51. The Morgan fingerprint density at radius 1 is 1.12 bits per heavy atom. The van der Waals surface area contributed by atoms with Gasteiger partial charge >= 0.3 is 0 Å². The van der Waals surface area contributed by atoms with Crippen LogP contribution < -0.4 is 5.32 Å². The average molecular weight is 444 g/mol. The van der Waals surface area contributed by atoms with Gasteiger partial charge in [0.25, 0.3) is 5.91 Å². The smallest absolute Gasteiger partial charge is 0.278 e. The number of hydrogen-bond donors (Lipinski definition) is 1. The first kappa shape index (κ1) is 21.4. The third-order valence-electron chi connectivity index (χ3n) is 6.24. The Morgan fingerprint density at radius 2 is 1.94 bits per heavy atom. The summed E-state index contributed by atoms with van der Waals surface area (Å²) in [5.41, 5.74) is 6.71. The Hall–Kier alpha value is -3.45. The number of nitrogens with one attached hydrogen (secondary N) is 1. The number of fused-ring (bicyclic) bond motifs is 2. The van der Waals surface area contributed by atoms with Gasteiger partial charge in [0.05, 0.1) is 16.7 Å². The molecular formula is C26H29N5O2. The predicted octanol–water partition coefficient (Wildman–Crippen LogP) is 4.70. The van der Waals surface area contributed by atoms with E-state index in [0.29, 0.717) is 31.4 Å². The Kier molecular flexibility index (Phi) is 5.96. The van der Waals surface area contributed by atoms with Crippen LogP contribution in [0, 0.1) is 6.92 Å². The summed E-state index contributed by atoms with van der Waals surface area (Å²) in [6.07, 6.45) is 3.68. The quantitative estimate of drug-likeness (QED) is 0.401. The molecule has 1 N–H and O–H groups in total. The lowest BCUT2D eigenvalue weighted by Crippen LogP contribution is -2.18. The zero-order valence-corrected chi connectivity index (χ0v) is 19.2. The molecule has 0 radical (unpaired) electrons. The molecule has 2 aromatic heterocycles. The van der Waals surface area contributed by atoms with Gasteiger partial charge in [-0.1, -0.05) is 30.3 Å². The summed E-state index contributed by atoms with van der Waals surface area (Å²) < 4.78 is 9.52. The highest BCUT2D eigenvalue weighted by atomic mass is 16.5. The van der Waals surface area contributed by atoms with Crippen molar-refractivity contribution in [2.45, 2.75) is 46.1 Å². The van der Waals surface area contributed by atoms with Gasteiger partial charge in [-0.25, -0.2) is 9.67 Å². The van der Waals surface area contributed by atoms with Crippen molar-refractivity contribution in [2.24, 2.45) is 0 Å². The van der Waals surface area contributed by atoms with Gasteiger partial charge in [-0.2, -0.15) is 5.10 Å². The molecule has 0 unspecified atom stereocenters. The fourth-order valence-corrected chi connectivity index (χ4v) is 4.65. The molecule has 0 saturated carbocycles. The molecule has 170 valence electrons. The van der Waals surface area contributed by atoms with Crippen molar-refractivity contribution >= 4 is 22.9 Å². The summed E-state index contributed by atoms with van der Waals surface area (Å²) in [6.45, 7) is 6.15. The van der Waals surface area contributed by atoms with Gasteiger partial charge in [0.1, 0.15) is 0 Å². The van der Waals surface area contributed by atoms with Crippen molar-refractivity contribution in [3.63, 3.8) is 0 Å². The van der Waals surface area contributed by atoms with Gasteiger partial charge in [0, 0.05) is 31.0 Å². The molecule has 33 heavy (non-hydrogen) atoms. The van der Waals surface area contributed by atoms with Crippen molar-refractivity contribution in [1.29, 1.82) is 0 Å². The Bertz CT molecular complexity index is 1300. The number of nitrogens with zero attached hydrogens (tertiary/aromatic N) is 4. The van der Waals surface area contributed by atoms with E-state index in [1.54, 1.807) is 0 Å². The molecule has 0 spiro atoms. The topological polar surface area (TPSA) is 74.0 Å². The second kappa shape index (κ2) is 9.19. The normalized spacial score (nSPS) is 12.9. The highest BCUT2D eigenvalue weighted by Gasteiger charge is 2.28. The first-order chi connectivity index (χ1) is 16.2. The number of aromatic nitrogens is 4. The van der Waals surface area contributed by atoms with Crippen LogP contribution in [0.1, 0.15) is 47.1 Å². The van der Waals surface area contributed by atoms with Crippen LogP contribution in [0.15, 0.2) is 48.5 Å². The molecule has 0 aliphatic heterocycles. The highest BCUT2D eigenvalue weighted by molar-refractivity contribution is 6.04. The van der Waals surface area contributed by atoms with Gasteiger partial charge in [-0.3, -0.25) is 10.1 Å². The largest absolute Gasteiger partial charge is 0.382 e. The van der Waals surface area contributed by atoms with Crippen LogP contribution in [0.3, 0.4) is 0 Å². The minimum absolute atomic E-state index is 0.207. The number of imidazole rings is 1. The minimum atomic E-state index is -0.207. The Morgan fingerprint density at radius 3 is 2.79 bits per heavy atom. The number of aryl methyl sites for hydroxylation is 2. The van der Waals surface area contributed by atoms with Crippen LogP contribution in [0.5, 0.6) is 0 Å². The number of ether oxygens (including phenoxy) is 1. The molecule has 2 aromatic carbocycles. The van der Waals surface area contributed by atoms with E-state index in [1.165, 1.54) is 0 Å². The van der Waals surface area contributed by atoms with Crippen molar-refractivity contribution in [3.05, 3.63) is 71.0 Å². The summed E-state index contributed by atoms with van der Waals surface area (Å²) in [7, 11) is 0. The van der Waals surface area contributed by atoms with Crippen LogP contribution in [-0.4, -0.2) is 38.5 Å². The fraction of sp³-hybridized carbons (Fsp3) is 0.346. The summed E-state index contributed by atoms with van der Waals surface area (Å²) in [5.74, 6) is 0.344. The first-order valence-electron chi connectivity index (χ1n) is 11.7. The van der Waals surface area contributed by atoms with Gasteiger partial charge in [-0.15, -0.1) is 0 Å². The Balaban J connectivity index is 1.47. The lowest BCUT2D eigenvalue weighted by molar-refractivity contribution is 0.101. The van der Waals surface area contributed by atoms with Crippen LogP contribution in [0.4, 0.5) is 5.95 Å². The molecule has 4 aromatic rings. The predicted molar refractivity (Wildman–Crippen MR) is 129 cm³/mol. The van der Waals surface area contributed by atoms with E-state index in [4.69, 9.17) is 14.8 Å². The number of hydrogen-bond acceptors (Lipinski definition) is 4. The molecule has 1 amide bonds. The van der Waals surface area contributed by atoms with Crippen LogP contribution in [0.2, 0.25) is 0 Å². The van der Waals surface area contributed by atoms with E-state index in [9.17, 15) is 4.79 Å². The molecule has 5 rings (SSSR count). The maximum atomic E-state index is 13.4. The summed E-state index contributed by atoms with van der Waals surface area (Å²) >= 11 is 0. The molecule has 0 atom stereocenters. The number of rotatable bonds is 8. The SMILES string of the molecule is CCOCCCn1c(NC(=O)c2nn(-c3ccccc3C)c3c2CCC3)nc2ccccc21. The summed E-state index contributed by atoms with van der Waals surface area (Å²) in [5, 5.41) is 7.84. The third-order valence-corrected chi connectivity index (χ3v) is 6.24. The highest BCUT2D eigenvalue weighted by Crippen LogP contribution is 2.29. The Labute approximate surface area is 193 Å². The molecule has 1 aliphatic carbocycles. The minimum Gasteiger partial charge on any atom is -0.382 e. The fourth-order valence-electron chi connectivity index (χ4n) is 4.65. The van der Waals surface area contributed by atoms with Crippen molar-refractivity contribution in [1.82, 2.24) is 19.3 Å². The van der Waals surface area contributed by atoms with Gasteiger partial charge in [0.2, 0.25) is 5.95 Å². The van der Waals surface area contributed by atoms with Crippen LogP contribution >= 0.6 is 0 Å². The molecule has 2 heterocycles. The van der Waals surface area contributed by atoms with E-state index < -0.39 is 0 Å². The van der Waals surface area contributed by atoms with Crippen LogP contribution in [-0.2, 0) is 24.1 Å². The maximum Gasteiger partial charge on any atom is 0.278 e. The molecule has 0 bridgehead atoms. The summed E-state index contributed by atoms with van der Waals surface area (Å²) in [4.78, 5) is 18.1. The standard InChI is InChI=1S/C26H29N5O2/c1-3-33-17-9-16-30-23-14-7-5-12-20(23)27-26(30)28-25(32)24-19-11-8-15-22(19)31(29-24)21-13-6-4-10-18(21)2/h4-7,10,12-14H,3,8-9,11,15-17H2,1-2H3,(H,27,28,32).